The first kappa shape index (κ1) is 56.5. The molecule has 0 unspecified atom stereocenters. The Labute approximate surface area is 368 Å². The molecular weight excluding hydrogens is 814 g/mol. The number of amides is 3. The molecule has 0 fully saturated rings. The molecule has 1 atom stereocenters. The van der Waals surface area contributed by atoms with Crippen LogP contribution in [0, 0.1) is 0 Å². The molecule has 0 aliphatic carbocycles. The van der Waals surface area contributed by atoms with Crippen LogP contribution in [-0.2, 0) is 77.8 Å². The SMILES string of the molecule is COCCOCCOCCOCCOCCOCCOCCOCCOCCOCC(=O)NCCCC[C@H](NC(=O)OCc1ccccc1)C(=O)NCCCC(=O)OC(C)(C)C. The maximum absolute atomic E-state index is 13.0. The van der Waals surface area contributed by atoms with Gasteiger partial charge in [0.15, 0.2) is 0 Å². The highest BCUT2D eigenvalue weighted by Gasteiger charge is 2.22. The summed E-state index contributed by atoms with van der Waals surface area (Å²) < 4.78 is 64.4. The number of rotatable bonds is 42. The van der Waals surface area contributed by atoms with Gasteiger partial charge in [-0.25, -0.2) is 4.79 Å². The van der Waals surface area contributed by atoms with Crippen molar-refractivity contribution in [3.63, 3.8) is 0 Å². The van der Waals surface area contributed by atoms with Crippen molar-refractivity contribution in [2.75, 3.05) is 146 Å². The maximum atomic E-state index is 13.0. The van der Waals surface area contributed by atoms with Crippen molar-refractivity contribution in [3.05, 3.63) is 35.9 Å². The fraction of sp³-hybridized carbons (Fsp3) is 0.767. The number of methoxy groups -OCH3 is 1. The van der Waals surface area contributed by atoms with Gasteiger partial charge in [-0.15, -0.1) is 0 Å². The van der Waals surface area contributed by atoms with Crippen molar-refractivity contribution in [3.8, 4) is 0 Å². The van der Waals surface area contributed by atoms with E-state index in [9.17, 15) is 19.2 Å². The summed E-state index contributed by atoms with van der Waals surface area (Å²) in [5.74, 6) is -1.02. The van der Waals surface area contributed by atoms with Crippen LogP contribution < -0.4 is 16.0 Å². The van der Waals surface area contributed by atoms with E-state index in [1.165, 1.54) is 0 Å². The Balaban J connectivity index is 2.00. The van der Waals surface area contributed by atoms with Gasteiger partial charge in [0.2, 0.25) is 11.8 Å². The molecule has 1 rings (SSSR count). The molecule has 0 spiro atoms. The quantitative estimate of drug-likeness (QED) is 0.0636. The highest BCUT2D eigenvalue weighted by Crippen LogP contribution is 2.09. The van der Waals surface area contributed by atoms with Gasteiger partial charge in [0, 0.05) is 26.6 Å². The number of esters is 1. The Bertz CT molecular complexity index is 1240. The Morgan fingerprint density at radius 2 is 1.02 bits per heavy atom. The standard InChI is InChI=1S/C43H75N3O16/c1-43(2,3)62-40(48)14-10-16-45-41(49)38(46-42(50)61-35-37-11-6-5-7-12-37)13-8-9-15-44-39(47)36-60-34-33-59-32-31-58-30-29-57-28-27-56-26-25-55-24-23-54-22-21-53-20-19-52-18-17-51-4/h5-7,11-12,38H,8-10,13-36H2,1-4H3,(H,44,47)(H,45,49)(H,46,50)/t38-/m0/s1. The van der Waals surface area contributed by atoms with E-state index < -0.39 is 23.6 Å². The van der Waals surface area contributed by atoms with E-state index >= 15 is 0 Å². The average molecular weight is 890 g/mol. The predicted octanol–water partition coefficient (Wildman–Crippen LogP) is 2.60. The second kappa shape index (κ2) is 40.3. The molecule has 0 aliphatic heterocycles. The summed E-state index contributed by atoms with van der Waals surface area (Å²) in [6.45, 7) is 14.2. The van der Waals surface area contributed by atoms with Crippen molar-refractivity contribution in [2.45, 2.75) is 71.1 Å². The van der Waals surface area contributed by atoms with Crippen molar-refractivity contribution >= 4 is 23.9 Å². The van der Waals surface area contributed by atoms with Crippen LogP contribution >= 0.6 is 0 Å². The molecule has 0 radical (unpaired) electrons. The second-order valence-electron chi connectivity index (χ2n) is 14.5. The van der Waals surface area contributed by atoms with E-state index in [1.807, 2.05) is 30.3 Å². The first-order chi connectivity index (χ1) is 30.1. The zero-order valence-corrected chi connectivity index (χ0v) is 37.6. The Kier molecular flexibility index (Phi) is 36.7. The molecule has 0 bridgehead atoms. The highest BCUT2D eigenvalue weighted by molar-refractivity contribution is 5.85. The molecule has 0 heterocycles. The molecule has 1 aromatic carbocycles. The van der Waals surface area contributed by atoms with E-state index in [0.717, 1.165) is 5.56 Å². The lowest BCUT2D eigenvalue weighted by atomic mass is 10.1. The van der Waals surface area contributed by atoms with Gasteiger partial charge in [-0.3, -0.25) is 14.4 Å². The molecule has 0 saturated carbocycles. The lowest BCUT2D eigenvalue weighted by molar-refractivity contribution is -0.155. The largest absolute Gasteiger partial charge is 0.460 e. The number of alkyl carbamates (subject to hydrolysis) is 1. The first-order valence-corrected chi connectivity index (χ1v) is 21.5. The number of nitrogens with one attached hydrogen (secondary N) is 3. The van der Waals surface area contributed by atoms with Crippen LogP contribution in [-0.4, -0.2) is 181 Å². The van der Waals surface area contributed by atoms with Gasteiger partial charge in [-0.1, -0.05) is 30.3 Å². The number of carbonyl (C=O) groups excluding carboxylic acids is 4. The van der Waals surface area contributed by atoms with Gasteiger partial charge in [0.25, 0.3) is 0 Å². The van der Waals surface area contributed by atoms with E-state index in [4.69, 9.17) is 56.8 Å². The van der Waals surface area contributed by atoms with Crippen molar-refractivity contribution in [1.82, 2.24) is 16.0 Å². The third-order valence-corrected chi connectivity index (χ3v) is 7.98. The van der Waals surface area contributed by atoms with Crippen LogP contribution in [0.25, 0.3) is 0 Å². The average Bonchev–Trinajstić information content (AvgIpc) is 3.24. The monoisotopic (exact) mass is 890 g/mol. The topological polar surface area (TPSA) is 215 Å². The molecule has 62 heavy (non-hydrogen) atoms. The fourth-order valence-electron chi connectivity index (χ4n) is 4.95. The van der Waals surface area contributed by atoms with Gasteiger partial charge in [0.1, 0.15) is 24.9 Å². The number of carbonyl (C=O) groups is 4. The van der Waals surface area contributed by atoms with Gasteiger partial charge in [-0.2, -0.15) is 0 Å². The van der Waals surface area contributed by atoms with Crippen LogP contribution in [0.2, 0.25) is 0 Å². The normalized spacial score (nSPS) is 11.9. The van der Waals surface area contributed by atoms with Crippen LogP contribution in [0.1, 0.15) is 58.4 Å². The molecule has 0 saturated heterocycles. The van der Waals surface area contributed by atoms with Crippen LogP contribution in [0.15, 0.2) is 30.3 Å². The number of benzene rings is 1. The summed E-state index contributed by atoms with van der Waals surface area (Å²) in [6, 6.07) is 8.33. The molecule has 358 valence electrons. The van der Waals surface area contributed by atoms with E-state index in [1.54, 1.807) is 27.9 Å². The lowest BCUT2D eigenvalue weighted by Crippen LogP contribution is -2.47. The summed E-state index contributed by atoms with van der Waals surface area (Å²) >= 11 is 0. The molecule has 3 amide bonds. The molecule has 3 N–H and O–H groups in total. The minimum Gasteiger partial charge on any atom is -0.460 e. The summed E-state index contributed by atoms with van der Waals surface area (Å²) in [6.07, 6.45) is 1.23. The minimum atomic E-state index is -0.863. The van der Waals surface area contributed by atoms with Gasteiger partial charge in [-0.05, 0) is 52.0 Å². The van der Waals surface area contributed by atoms with Crippen LogP contribution in [0.4, 0.5) is 4.79 Å². The fourth-order valence-corrected chi connectivity index (χ4v) is 4.95. The van der Waals surface area contributed by atoms with E-state index in [2.05, 4.69) is 16.0 Å². The molecule has 0 aliphatic rings. The van der Waals surface area contributed by atoms with Crippen LogP contribution in [0.3, 0.4) is 0 Å². The molecular formula is C43H75N3O16. The minimum absolute atomic E-state index is 0.0582. The van der Waals surface area contributed by atoms with Gasteiger partial charge >= 0.3 is 12.1 Å². The van der Waals surface area contributed by atoms with E-state index in [-0.39, 0.29) is 44.7 Å². The highest BCUT2D eigenvalue weighted by atomic mass is 16.6. The summed E-state index contributed by atoms with van der Waals surface area (Å²) in [4.78, 5) is 49.7. The lowest BCUT2D eigenvalue weighted by Gasteiger charge is -2.20. The molecule has 19 heteroatoms. The zero-order valence-electron chi connectivity index (χ0n) is 37.6. The molecule has 0 aromatic heterocycles. The Morgan fingerprint density at radius 1 is 0.565 bits per heavy atom. The number of hydrogen-bond acceptors (Lipinski definition) is 16. The third-order valence-electron chi connectivity index (χ3n) is 7.98. The summed E-state index contributed by atoms with van der Waals surface area (Å²) in [7, 11) is 1.64. The van der Waals surface area contributed by atoms with Crippen molar-refractivity contribution in [2.24, 2.45) is 0 Å². The molecule has 19 nitrogen and oxygen atoms in total. The van der Waals surface area contributed by atoms with Crippen LogP contribution in [0.5, 0.6) is 0 Å². The Morgan fingerprint density at radius 3 is 1.48 bits per heavy atom. The van der Waals surface area contributed by atoms with Gasteiger partial charge in [0.05, 0.1) is 119 Å². The molecule has 1 aromatic rings. The third kappa shape index (κ3) is 38.2. The summed E-state index contributed by atoms with van der Waals surface area (Å²) in [5, 5.41) is 8.20. The Hall–Kier alpha value is -3.50. The summed E-state index contributed by atoms with van der Waals surface area (Å²) in [5.41, 5.74) is 0.228. The van der Waals surface area contributed by atoms with E-state index in [0.29, 0.717) is 145 Å². The number of ether oxygens (including phenoxy) is 12. The first-order valence-electron chi connectivity index (χ1n) is 21.5. The second-order valence-corrected chi connectivity index (χ2v) is 14.5. The van der Waals surface area contributed by atoms with Gasteiger partial charge < -0.3 is 72.8 Å². The number of hydrogen-bond donors (Lipinski definition) is 3. The smallest absolute Gasteiger partial charge is 0.408 e. The van der Waals surface area contributed by atoms with Crippen molar-refractivity contribution in [1.29, 1.82) is 0 Å². The van der Waals surface area contributed by atoms with Crippen molar-refractivity contribution < 1.29 is 76.0 Å². The zero-order chi connectivity index (χ0) is 45.2. The maximum Gasteiger partial charge on any atom is 0.408 e. The predicted molar refractivity (Wildman–Crippen MR) is 228 cm³/mol. The number of unbranched alkanes of at least 4 members (excludes halogenated alkanes) is 1.